The number of nitrogens with zero attached hydrogens (tertiary/aromatic N) is 1. The Hall–Kier alpha value is -1.07. The Bertz CT molecular complexity index is 436. The van der Waals surface area contributed by atoms with Crippen molar-refractivity contribution >= 4 is 27.5 Å². The number of hydrogen-bond acceptors (Lipinski definition) is 3. The summed E-state index contributed by atoms with van der Waals surface area (Å²) in [5, 5.41) is 0. The Morgan fingerprint density at radius 3 is 2.88 bits per heavy atom. The van der Waals surface area contributed by atoms with E-state index in [1.807, 2.05) is 18.2 Å². The van der Waals surface area contributed by atoms with E-state index in [1.165, 1.54) is 5.56 Å². The molecule has 1 heterocycles. The highest BCUT2D eigenvalue weighted by atomic mass is 79.9. The molecule has 1 aliphatic rings. The van der Waals surface area contributed by atoms with Gasteiger partial charge in [0.2, 0.25) is 5.91 Å². The molecular weight excluding hydrogens is 282 g/mol. The van der Waals surface area contributed by atoms with Crippen molar-refractivity contribution in [3.63, 3.8) is 0 Å². The molecule has 0 aromatic heterocycles. The van der Waals surface area contributed by atoms with Crippen molar-refractivity contribution in [1.29, 1.82) is 0 Å². The lowest BCUT2D eigenvalue weighted by Crippen LogP contribution is -2.27. The molecule has 1 saturated heterocycles. The van der Waals surface area contributed by atoms with E-state index in [-0.39, 0.29) is 11.8 Å². The van der Waals surface area contributed by atoms with E-state index in [1.54, 1.807) is 0 Å². The van der Waals surface area contributed by atoms with Gasteiger partial charge >= 0.3 is 0 Å². The fraction of sp³-hybridized carbons (Fsp3) is 0.417. The summed E-state index contributed by atoms with van der Waals surface area (Å²) in [7, 11) is 0. The zero-order valence-corrected chi connectivity index (χ0v) is 11.1. The molecule has 1 fully saturated rings. The van der Waals surface area contributed by atoms with E-state index >= 15 is 0 Å². The zero-order chi connectivity index (χ0) is 12.4. The summed E-state index contributed by atoms with van der Waals surface area (Å²) in [6.45, 7) is 2.50. The number of rotatable bonds is 3. The third-order valence-electron chi connectivity index (χ3n) is 3.15. The maximum absolute atomic E-state index is 11.1. The molecule has 0 saturated carbocycles. The van der Waals surface area contributed by atoms with Gasteiger partial charge in [-0.25, -0.2) is 0 Å². The number of likely N-dealkylation sites (tertiary alicyclic amines) is 1. The van der Waals surface area contributed by atoms with Gasteiger partial charge < -0.3 is 11.5 Å². The standard InChI is InChI=1S/C12H16BrN3O/c13-11-5-10(14)2-1-8(11)6-16-4-3-9(7-16)12(15)17/h1-2,5,9H,3-4,6-7,14H2,(H2,15,17). The molecule has 2 rings (SSSR count). The van der Waals surface area contributed by atoms with Crippen molar-refractivity contribution in [1.82, 2.24) is 4.90 Å². The molecule has 4 N–H and O–H groups in total. The number of hydrogen-bond donors (Lipinski definition) is 2. The van der Waals surface area contributed by atoms with Gasteiger partial charge in [0.05, 0.1) is 5.92 Å². The van der Waals surface area contributed by atoms with Crippen LogP contribution in [-0.2, 0) is 11.3 Å². The molecule has 0 spiro atoms. The summed E-state index contributed by atoms with van der Waals surface area (Å²) in [4.78, 5) is 13.3. The van der Waals surface area contributed by atoms with Gasteiger partial charge in [0, 0.05) is 23.2 Å². The third-order valence-corrected chi connectivity index (χ3v) is 3.88. The molecule has 1 unspecified atom stereocenters. The molecule has 0 aliphatic carbocycles. The van der Waals surface area contributed by atoms with Crippen LogP contribution in [0.25, 0.3) is 0 Å². The first kappa shape index (κ1) is 12.4. The van der Waals surface area contributed by atoms with Crippen LogP contribution < -0.4 is 11.5 Å². The quantitative estimate of drug-likeness (QED) is 0.827. The molecule has 5 heteroatoms. The van der Waals surface area contributed by atoms with Gasteiger partial charge in [0.1, 0.15) is 0 Å². The smallest absolute Gasteiger partial charge is 0.221 e. The number of carbonyl (C=O) groups is 1. The summed E-state index contributed by atoms with van der Waals surface area (Å²) >= 11 is 3.50. The lowest BCUT2D eigenvalue weighted by molar-refractivity contribution is -0.121. The molecule has 17 heavy (non-hydrogen) atoms. The molecule has 4 nitrogen and oxygen atoms in total. The number of halogens is 1. The van der Waals surface area contributed by atoms with Crippen LogP contribution in [0.1, 0.15) is 12.0 Å². The maximum atomic E-state index is 11.1. The predicted octanol–water partition coefficient (Wildman–Crippen LogP) is 1.34. The van der Waals surface area contributed by atoms with E-state index in [4.69, 9.17) is 11.5 Å². The first-order valence-corrected chi connectivity index (χ1v) is 6.41. The van der Waals surface area contributed by atoms with Gasteiger partial charge in [0.15, 0.2) is 0 Å². The fourth-order valence-corrected chi connectivity index (χ4v) is 2.66. The van der Waals surface area contributed by atoms with Crippen molar-refractivity contribution in [2.24, 2.45) is 11.7 Å². The lowest BCUT2D eigenvalue weighted by atomic mass is 10.1. The van der Waals surface area contributed by atoms with Crippen LogP contribution in [0.2, 0.25) is 0 Å². The van der Waals surface area contributed by atoms with Crippen LogP contribution in [0.4, 0.5) is 5.69 Å². The van der Waals surface area contributed by atoms with Gasteiger partial charge in [-0.05, 0) is 30.7 Å². The molecule has 1 aromatic carbocycles. The number of anilines is 1. The normalized spacial score (nSPS) is 20.6. The van der Waals surface area contributed by atoms with E-state index in [0.717, 1.165) is 36.2 Å². The summed E-state index contributed by atoms with van der Waals surface area (Å²) in [6, 6.07) is 5.80. The second-order valence-electron chi connectivity index (χ2n) is 4.47. The minimum Gasteiger partial charge on any atom is -0.399 e. The summed E-state index contributed by atoms with van der Waals surface area (Å²) in [5.74, 6) is -0.188. The van der Waals surface area contributed by atoms with Crippen molar-refractivity contribution < 1.29 is 4.79 Å². The van der Waals surface area contributed by atoms with E-state index < -0.39 is 0 Å². The van der Waals surface area contributed by atoms with Crippen molar-refractivity contribution in [2.45, 2.75) is 13.0 Å². The third kappa shape index (κ3) is 2.98. The molecule has 1 aromatic rings. The lowest BCUT2D eigenvalue weighted by Gasteiger charge is -2.16. The van der Waals surface area contributed by atoms with Gasteiger partial charge in [-0.15, -0.1) is 0 Å². The Balaban J connectivity index is 2.00. The summed E-state index contributed by atoms with van der Waals surface area (Å²) in [6.07, 6.45) is 0.863. The SMILES string of the molecule is NC(=O)C1CCN(Cc2ccc(N)cc2Br)C1. The van der Waals surface area contributed by atoms with Crippen LogP contribution >= 0.6 is 15.9 Å². The Morgan fingerprint density at radius 1 is 1.53 bits per heavy atom. The minimum atomic E-state index is -0.191. The van der Waals surface area contributed by atoms with Crippen molar-refractivity contribution in [3.8, 4) is 0 Å². The molecule has 0 bridgehead atoms. The molecule has 92 valence electrons. The number of carbonyl (C=O) groups excluding carboxylic acids is 1. The Labute approximate surface area is 109 Å². The average Bonchev–Trinajstić information content (AvgIpc) is 2.71. The second-order valence-corrected chi connectivity index (χ2v) is 5.33. The maximum Gasteiger partial charge on any atom is 0.221 e. The number of amides is 1. The van der Waals surface area contributed by atoms with Crippen LogP contribution in [0, 0.1) is 5.92 Å². The van der Waals surface area contributed by atoms with Crippen LogP contribution in [0.15, 0.2) is 22.7 Å². The van der Waals surface area contributed by atoms with Crippen LogP contribution in [0.5, 0.6) is 0 Å². The minimum absolute atomic E-state index is 0.00237. The predicted molar refractivity (Wildman–Crippen MR) is 71.1 cm³/mol. The molecular formula is C12H16BrN3O. The van der Waals surface area contributed by atoms with Gasteiger partial charge in [-0.2, -0.15) is 0 Å². The highest BCUT2D eigenvalue weighted by Gasteiger charge is 2.26. The highest BCUT2D eigenvalue weighted by Crippen LogP contribution is 2.24. The van der Waals surface area contributed by atoms with Gasteiger partial charge in [-0.1, -0.05) is 22.0 Å². The summed E-state index contributed by atoms with van der Waals surface area (Å²) in [5.41, 5.74) is 12.9. The highest BCUT2D eigenvalue weighted by molar-refractivity contribution is 9.10. The van der Waals surface area contributed by atoms with E-state index in [2.05, 4.69) is 20.8 Å². The second kappa shape index (κ2) is 5.06. The number of nitrogens with two attached hydrogens (primary N) is 2. The molecule has 1 aliphatic heterocycles. The van der Waals surface area contributed by atoms with Crippen molar-refractivity contribution in [3.05, 3.63) is 28.2 Å². The number of benzene rings is 1. The van der Waals surface area contributed by atoms with Crippen molar-refractivity contribution in [2.75, 3.05) is 18.8 Å². The molecule has 0 radical (unpaired) electrons. The van der Waals surface area contributed by atoms with Gasteiger partial charge in [-0.3, -0.25) is 9.69 Å². The topological polar surface area (TPSA) is 72.4 Å². The molecule has 1 amide bonds. The number of nitrogen functional groups attached to an aromatic ring is 1. The largest absolute Gasteiger partial charge is 0.399 e. The Kier molecular flexibility index (Phi) is 3.69. The molecule has 1 atom stereocenters. The fourth-order valence-electron chi connectivity index (χ4n) is 2.14. The first-order valence-electron chi connectivity index (χ1n) is 5.62. The Morgan fingerprint density at radius 2 is 2.29 bits per heavy atom. The van der Waals surface area contributed by atoms with Crippen LogP contribution in [-0.4, -0.2) is 23.9 Å². The first-order chi connectivity index (χ1) is 8.06. The van der Waals surface area contributed by atoms with Gasteiger partial charge in [0.25, 0.3) is 0 Å². The average molecular weight is 298 g/mol. The monoisotopic (exact) mass is 297 g/mol. The number of primary amides is 1. The van der Waals surface area contributed by atoms with E-state index in [9.17, 15) is 4.79 Å². The summed E-state index contributed by atoms with van der Waals surface area (Å²) < 4.78 is 1.01. The van der Waals surface area contributed by atoms with E-state index in [0.29, 0.717) is 0 Å². The zero-order valence-electron chi connectivity index (χ0n) is 9.53. The van der Waals surface area contributed by atoms with Crippen LogP contribution in [0.3, 0.4) is 0 Å².